The van der Waals surface area contributed by atoms with Crippen LogP contribution in [0.25, 0.3) is 5.69 Å². The minimum Gasteiger partial charge on any atom is -0.354 e. The van der Waals surface area contributed by atoms with Crippen molar-refractivity contribution in [1.82, 2.24) is 24.9 Å². The first kappa shape index (κ1) is 26.1. The molecule has 3 rings (SSSR count). The minimum atomic E-state index is -0.282. The number of urea groups is 1. The number of para-hydroxylation sites is 1. The van der Waals surface area contributed by atoms with Gasteiger partial charge in [-0.2, -0.15) is 5.10 Å². The van der Waals surface area contributed by atoms with Crippen molar-refractivity contribution < 1.29 is 4.79 Å². The summed E-state index contributed by atoms with van der Waals surface area (Å²) in [5.41, 5.74) is 2.89. The Morgan fingerprint density at radius 1 is 1.12 bits per heavy atom. The molecule has 0 saturated carbocycles. The first-order valence-electron chi connectivity index (χ1n) is 12.8. The van der Waals surface area contributed by atoms with Crippen molar-refractivity contribution in [3.63, 3.8) is 0 Å². The molecule has 1 aromatic heterocycles. The van der Waals surface area contributed by atoms with Crippen LogP contribution in [0.15, 0.2) is 30.3 Å². The van der Waals surface area contributed by atoms with Gasteiger partial charge in [0, 0.05) is 43.8 Å². The molecule has 0 atom stereocenters. The number of aryl methyl sites for hydroxylation is 1. The molecule has 188 valence electrons. The van der Waals surface area contributed by atoms with E-state index in [0.29, 0.717) is 12.5 Å². The van der Waals surface area contributed by atoms with Crippen LogP contribution < -0.4 is 10.2 Å². The zero-order valence-corrected chi connectivity index (χ0v) is 22.3. The van der Waals surface area contributed by atoms with E-state index in [0.717, 1.165) is 68.5 Å². The molecule has 0 radical (unpaired) electrons. The predicted octanol–water partition coefficient (Wildman–Crippen LogP) is 4.68. The Morgan fingerprint density at radius 3 is 2.32 bits per heavy atom. The highest BCUT2D eigenvalue weighted by atomic mass is 16.2. The molecule has 0 aliphatic carbocycles. The van der Waals surface area contributed by atoms with Gasteiger partial charge < -0.3 is 20.0 Å². The SMILES string of the molecule is CCN1CCN(c2c(CN(CCC(C)C)C(=O)NC(C)(C)C)c(C)nn2-c2ccccc2)CC1. The van der Waals surface area contributed by atoms with Gasteiger partial charge in [-0.05, 0) is 58.7 Å². The Hall–Kier alpha value is -2.54. The van der Waals surface area contributed by atoms with Crippen molar-refractivity contribution in [1.29, 1.82) is 0 Å². The average molecular weight is 469 g/mol. The fraction of sp³-hybridized carbons (Fsp3) is 0.630. The molecule has 1 aromatic carbocycles. The lowest BCUT2D eigenvalue weighted by molar-refractivity contribution is 0.182. The molecule has 0 unspecified atom stereocenters. The number of carbonyl (C=O) groups excluding carboxylic acids is 1. The lowest BCUT2D eigenvalue weighted by atomic mass is 10.1. The Bertz CT molecular complexity index is 923. The Kier molecular flexibility index (Phi) is 8.63. The number of hydrogen-bond donors (Lipinski definition) is 1. The number of anilines is 1. The van der Waals surface area contributed by atoms with Crippen LogP contribution in [0, 0.1) is 12.8 Å². The van der Waals surface area contributed by atoms with Crippen molar-refractivity contribution in [2.45, 2.75) is 67.0 Å². The summed E-state index contributed by atoms with van der Waals surface area (Å²) in [4.78, 5) is 20.2. The van der Waals surface area contributed by atoms with Gasteiger partial charge in [-0.1, -0.05) is 39.0 Å². The van der Waals surface area contributed by atoms with Crippen LogP contribution in [-0.2, 0) is 6.54 Å². The maximum atomic E-state index is 13.3. The van der Waals surface area contributed by atoms with Gasteiger partial charge in [0.25, 0.3) is 0 Å². The highest BCUT2D eigenvalue weighted by Crippen LogP contribution is 2.30. The van der Waals surface area contributed by atoms with Crippen molar-refractivity contribution in [2.75, 3.05) is 44.2 Å². The van der Waals surface area contributed by atoms with E-state index in [1.54, 1.807) is 0 Å². The topological polar surface area (TPSA) is 56.6 Å². The number of nitrogens with one attached hydrogen (secondary N) is 1. The van der Waals surface area contributed by atoms with E-state index in [9.17, 15) is 4.79 Å². The second-order valence-corrected chi connectivity index (χ2v) is 10.8. The van der Waals surface area contributed by atoms with Gasteiger partial charge >= 0.3 is 6.03 Å². The number of benzene rings is 1. The lowest BCUT2D eigenvalue weighted by Crippen LogP contribution is -2.49. The van der Waals surface area contributed by atoms with Gasteiger partial charge in [0.2, 0.25) is 0 Å². The molecular formula is C27H44N6O. The van der Waals surface area contributed by atoms with E-state index >= 15 is 0 Å². The van der Waals surface area contributed by atoms with E-state index in [4.69, 9.17) is 5.10 Å². The molecular weight excluding hydrogens is 424 g/mol. The van der Waals surface area contributed by atoms with Crippen LogP contribution in [0.4, 0.5) is 10.6 Å². The van der Waals surface area contributed by atoms with Crippen LogP contribution in [0.1, 0.15) is 59.2 Å². The number of amides is 2. The van der Waals surface area contributed by atoms with Gasteiger partial charge in [-0.25, -0.2) is 9.48 Å². The molecule has 1 aliphatic rings. The van der Waals surface area contributed by atoms with Crippen LogP contribution in [-0.4, -0.2) is 70.4 Å². The molecule has 34 heavy (non-hydrogen) atoms. The molecule has 7 heteroatoms. The van der Waals surface area contributed by atoms with E-state index in [2.05, 4.69) is 71.8 Å². The minimum absolute atomic E-state index is 0.0123. The lowest BCUT2D eigenvalue weighted by Gasteiger charge is -2.36. The van der Waals surface area contributed by atoms with Gasteiger partial charge in [0.05, 0.1) is 17.9 Å². The molecule has 1 fully saturated rings. The predicted molar refractivity (Wildman–Crippen MR) is 141 cm³/mol. The Balaban J connectivity index is 1.99. The molecule has 2 amide bonds. The summed E-state index contributed by atoms with van der Waals surface area (Å²) in [6.07, 6.45) is 0.966. The summed E-state index contributed by atoms with van der Waals surface area (Å²) in [5.74, 6) is 1.65. The third kappa shape index (κ3) is 6.75. The quantitative estimate of drug-likeness (QED) is 0.611. The summed E-state index contributed by atoms with van der Waals surface area (Å²) in [5, 5.41) is 8.15. The van der Waals surface area contributed by atoms with Crippen molar-refractivity contribution >= 4 is 11.8 Å². The fourth-order valence-electron chi connectivity index (χ4n) is 4.34. The average Bonchev–Trinajstić information content (AvgIpc) is 3.11. The molecule has 7 nitrogen and oxygen atoms in total. The van der Waals surface area contributed by atoms with E-state index in [1.165, 1.54) is 0 Å². The Morgan fingerprint density at radius 2 is 1.76 bits per heavy atom. The third-order valence-corrected chi connectivity index (χ3v) is 6.37. The maximum absolute atomic E-state index is 13.3. The summed E-state index contributed by atoms with van der Waals surface area (Å²) >= 11 is 0. The number of hydrogen-bond acceptors (Lipinski definition) is 4. The molecule has 2 aromatic rings. The molecule has 1 aliphatic heterocycles. The summed E-state index contributed by atoms with van der Waals surface area (Å²) in [6, 6.07) is 10.3. The largest absolute Gasteiger partial charge is 0.354 e. The molecule has 0 spiro atoms. The fourth-order valence-corrected chi connectivity index (χ4v) is 4.34. The first-order valence-corrected chi connectivity index (χ1v) is 12.8. The van der Waals surface area contributed by atoms with Crippen molar-refractivity contribution in [2.24, 2.45) is 5.92 Å². The second-order valence-electron chi connectivity index (χ2n) is 10.8. The summed E-state index contributed by atoms with van der Waals surface area (Å²) in [7, 11) is 0. The third-order valence-electron chi connectivity index (χ3n) is 6.37. The summed E-state index contributed by atoms with van der Waals surface area (Å²) < 4.78 is 2.08. The van der Waals surface area contributed by atoms with E-state index < -0.39 is 0 Å². The highest BCUT2D eigenvalue weighted by molar-refractivity contribution is 5.75. The second kappa shape index (κ2) is 11.3. The van der Waals surface area contributed by atoms with Crippen molar-refractivity contribution in [3.8, 4) is 5.69 Å². The molecule has 0 bridgehead atoms. The van der Waals surface area contributed by atoms with E-state index in [1.807, 2.05) is 31.7 Å². The zero-order valence-electron chi connectivity index (χ0n) is 22.3. The standard InChI is InChI=1S/C27H44N6O/c1-8-30-16-18-31(19-17-30)25-24(22(4)29-33(25)23-12-10-9-11-13-23)20-32(15-14-21(2)3)26(34)28-27(5,6)7/h9-13,21H,8,14-20H2,1-7H3,(H,28,34). The van der Waals surface area contributed by atoms with Gasteiger partial charge in [0.15, 0.2) is 0 Å². The molecule has 2 heterocycles. The maximum Gasteiger partial charge on any atom is 0.318 e. The number of likely N-dealkylation sites (N-methyl/N-ethyl adjacent to an activating group) is 1. The van der Waals surface area contributed by atoms with E-state index in [-0.39, 0.29) is 11.6 Å². The van der Waals surface area contributed by atoms with Crippen LogP contribution in [0.3, 0.4) is 0 Å². The molecule has 1 saturated heterocycles. The first-order chi connectivity index (χ1) is 16.1. The smallest absolute Gasteiger partial charge is 0.318 e. The number of nitrogens with zero attached hydrogens (tertiary/aromatic N) is 5. The number of rotatable bonds is 8. The van der Waals surface area contributed by atoms with Crippen LogP contribution >= 0.6 is 0 Å². The van der Waals surface area contributed by atoms with Crippen LogP contribution in [0.5, 0.6) is 0 Å². The normalized spacial score (nSPS) is 15.1. The van der Waals surface area contributed by atoms with Gasteiger partial charge in [-0.3, -0.25) is 0 Å². The van der Waals surface area contributed by atoms with Crippen LogP contribution in [0.2, 0.25) is 0 Å². The summed E-state index contributed by atoms with van der Waals surface area (Å²) in [6.45, 7) is 21.1. The Labute approximate surface area is 206 Å². The monoisotopic (exact) mass is 468 g/mol. The molecule has 1 N–H and O–H groups in total. The van der Waals surface area contributed by atoms with Crippen molar-refractivity contribution in [3.05, 3.63) is 41.6 Å². The highest BCUT2D eigenvalue weighted by Gasteiger charge is 2.28. The van der Waals surface area contributed by atoms with Gasteiger partial charge in [0.1, 0.15) is 5.82 Å². The van der Waals surface area contributed by atoms with Gasteiger partial charge in [-0.15, -0.1) is 0 Å². The zero-order chi connectivity index (χ0) is 24.9. The number of piperazine rings is 1. The number of carbonyl (C=O) groups is 1. The number of aromatic nitrogens is 2.